The molecular formula is C15H20N2O3. The summed E-state index contributed by atoms with van der Waals surface area (Å²) in [7, 11) is 1.48. The van der Waals surface area contributed by atoms with E-state index in [1.807, 2.05) is 4.90 Å². The largest absolute Gasteiger partial charge is 0.504 e. The number of benzene rings is 1. The van der Waals surface area contributed by atoms with E-state index in [2.05, 4.69) is 12.2 Å². The summed E-state index contributed by atoms with van der Waals surface area (Å²) in [4.78, 5) is 14.5. The highest BCUT2D eigenvalue weighted by atomic mass is 16.5. The van der Waals surface area contributed by atoms with Crippen molar-refractivity contribution < 1.29 is 14.6 Å². The predicted octanol–water partition coefficient (Wildman–Crippen LogP) is 1.08. The van der Waals surface area contributed by atoms with E-state index >= 15 is 0 Å². The Morgan fingerprint density at radius 2 is 2.25 bits per heavy atom. The van der Waals surface area contributed by atoms with Gasteiger partial charge in [-0.15, -0.1) is 0 Å². The molecule has 2 heterocycles. The molecule has 1 amide bonds. The Labute approximate surface area is 118 Å². The van der Waals surface area contributed by atoms with Gasteiger partial charge in [0.05, 0.1) is 12.7 Å². The number of rotatable bonds is 2. The summed E-state index contributed by atoms with van der Waals surface area (Å²) in [5.74, 6) is 1.21. The predicted molar refractivity (Wildman–Crippen MR) is 75.0 cm³/mol. The minimum Gasteiger partial charge on any atom is -0.504 e. The number of carbonyl (C=O) groups excluding carboxylic acids is 1. The highest BCUT2D eigenvalue weighted by Crippen LogP contribution is 2.36. The lowest BCUT2D eigenvalue weighted by molar-refractivity contribution is 0.0725. The van der Waals surface area contributed by atoms with Crippen LogP contribution >= 0.6 is 0 Å². The van der Waals surface area contributed by atoms with Crippen LogP contribution in [0, 0.1) is 11.8 Å². The Kier molecular flexibility index (Phi) is 3.30. The molecule has 2 saturated heterocycles. The van der Waals surface area contributed by atoms with Crippen LogP contribution in [0.25, 0.3) is 0 Å². The molecule has 2 aliphatic rings. The molecule has 0 aromatic heterocycles. The number of phenolic OH excluding ortho intramolecular Hbond substituents is 1. The first-order chi connectivity index (χ1) is 9.63. The van der Waals surface area contributed by atoms with Gasteiger partial charge in [-0.05, 0) is 30.9 Å². The molecule has 5 heteroatoms. The molecule has 0 bridgehead atoms. The molecule has 2 aliphatic heterocycles. The average Bonchev–Trinajstić information content (AvgIpc) is 3.02. The van der Waals surface area contributed by atoms with E-state index in [1.54, 1.807) is 18.2 Å². The topological polar surface area (TPSA) is 61.8 Å². The monoisotopic (exact) mass is 276 g/mol. The number of carbonyl (C=O) groups is 1. The van der Waals surface area contributed by atoms with Gasteiger partial charge in [-0.1, -0.05) is 6.07 Å². The van der Waals surface area contributed by atoms with Gasteiger partial charge >= 0.3 is 0 Å². The van der Waals surface area contributed by atoms with Crippen LogP contribution in [0.15, 0.2) is 18.2 Å². The lowest BCUT2D eigenvalue weighted by atomic mass is 9.95. The third-order valence-electron chi connectivity index (χ3n) is 4.64. The van der Waals surface area contributed by atoms with Crippen molar-refractivity contribution in [1.29, 1.82) is 0 Å². The van der Waals surface area contributed by atoms with Gasteiger partial charge in [0.1, 0.15) is 0 Å². The van der Waals surface area contributed by atoms with E-state index in [0.717, 1.165) is 19.6 Å². The SMILES string of the molecule is COc1cccc(C(=O)N2CC3CNCC3C2C)c1O. The number of para-hydroxylation sites is 1. The Bertz CT molecular complexity index is 532. The van der Waals surface area contributed by atoms with E-state index in [0.29, 0.717) is 23.1 Å². The van der Waals surface area contributed by atoms with E-state index in [1.165, 1.54) is 7.11 Å². The Hall–Kier alpha value is -1.75. The summed E-state index contributed by atoms with van der Waals surface area (Å²) < 4.78 is 5.07. The van der Waals surface area contributed by atoms with Crippen LogP contribution < -0.4 is 10.1 Å². The normalized spacial score (nSPS) is 28.5. The first-order valence-electron chi connectivity index (χ1n) is 7.01. The van der Waals surface area contributed by atoms with Gasteiger partial charge in [-0.25, -0.2) is 0 Å². The van der Waals surface area contributed by atoms with Gasteiger partial charge < -0.3 is 20.1 Å². The molecule has 3 unspecified atom stereocenters. The van der Waals surface area contributed by atoms with Crippen LogP contribution in [0.2, 0.25) is 0 Å². The second kappa shape index (κ2) is 4.98. The number of fused-ring (bicyclic) bond motifs is 1. The van der Waals surface area contributed by atoms with Crippen molar-refractivity contribution in [2.75, 3.05) is 26.7 Å². The highest BCUT2D eigenvalue weighted by molar-refractivity contribution is 5.98. The molecule has 20 heavy (non-hydrogen) atoms. The maximum absolute atomic E-state index is 12.7. The Balaban J connectivity index is 1.87. The molecule has 2 N–H and O–H groups in total. The molecule has 1 aromatic carbocycles. The molecule has 2 fully saturated rings. The smallest absolute Gasteiger partial charge is 0.258 e. The number of hydrogen-bond acceptors (Lipinski definition) is 4. The lowest BCUT2D eigenvalue weighted by Gasteiger charge is -2.25. The van der Waals surface area contributed by atoms with Crippen molar-refractivity contribution in [2.45, 2.75) is 13.0 Å². The van der Waals surface area contributed by atoms with Crippen LogP contribution in [-0.4, -0.2) is 48.7 Å². The minimum absolute atomic E-state index is 0.0672. The summed E-state index contributed by atoms with van der Waals surface area (Å²) in [5, 5.41) is 13.5. The lowest BCUT2D eigenvalue weighted by Crippen LogP contribution is -2.38. The molecule has 5 nitrogen and oxygen atoms in total. The summed E-state index contributed by atoms with van der Waals surface area (Å²) in [6.45, 7) is 4.80. The van der Waals surface area contributed by atoms with Crippen molar-refractivity contribution >= 4 is 5.91 Å². The van der Waals surface area contributed by atoms with Crippen LogP contribution in [0.4, 0.5) is 0 Å². The zero-order chi connectivity index (χ0) is 14.3. The standard InChI is InChI=1S/C15H20N2O3/c1-9-12-7-16-6-10(12)8-17(9)15(19)11-4-3-5-13(20-2)14(11)18/h3-5,9-10,12,16,18H,6-8H2,1-2H3. The number of aromatic hydroxyl groups is 1. The second-order valence-electron chi connectivity index (χ2n) is 5.64. The second-order valence-corrected chi connectivity index (χ2v) is 5.64. The molecule has 0 aliphatic carbocycles. The molecule has 108 valence electrons. The fraction of sp³-hybridized carbons (Fsp3) is 0.533. The third kappa shape index (κ3) is 1.93. The molecule has 0 spiro atoms. The Morgan fingerprint density at radius 3 is 2.95 bits per heavy atom. The van der Waals surface area contributed by atoms with Gasteiger partial charge in [0.2, 0.25) is 0 Å². The first kappa shape index (κ1) is 13.2. The minimum atomic E-state index is -0.108. The Morgan fingerprint density at radius 1 is 1.45 bits per heavy atom. The highest BCUT2D eigenvalue weighted by Gasteiger charge is 2.44. The van der Waals surface area contributed by atoms with Gasteiger partial charge in [0.15, 0.2) is 11.5 Å². The van der Waals surface area contributed by atoms with Crippen LogP contribution in [0.1, 0.15) is 17.3 Å². The summed E-state index contributed by atoms with van der Waals surface area (Å²) in [6, 6.07) is 5.24. The summed E-state index contributed by atoms with van der Waals surface area (Å²) in [5.41, 5.74) is 0.323. The first-order valence-corrected chi connectivity index (χ1v) is 7.01. The third-order valence-corrected chi connectivity index (χ3v) is 4.64. The zero-order valence-electron chi connectivity index (χ0n) is 11.8. The molecule has 1 aromatic rings. The quantitative estimate of drug-likeness (QED) is 0.848. The molecule has 0 radical (unpaired) electrons. The van der Waals surface area contributed by atoms with E-state index in [-0.39, 0.29) is 17.7 Å². The van der Waals surface area contributed by atoms with Gasteiger partial charge in [-0.3, -0.25) is 4.79 Å². The number of likely N-dealkylation sites (tertiary alicyclic amines) is 1. The fourth-order valence-corrected chi connectivity index (χ4v) is 3.45. The van der Waals surface area contributed by atoms with E-state index < -0.39 is 0 Å². The van der Waals surface area contributed by atoms with E-state index in [4.69, 9.17) is 4.74 Å². The number of phenols is 1. The molecule has 3 atom stereocenters. The van der Waals surface area contributed by atoms with Gasteiger partial charge in [-0.2, -0.15) is 0 Å². The average molecular weight is 276 g/mol. The summed E-state index contributed by atoms with van der Waals surface area (Å²) in [6.07, 6.45) is 0. The maximum Gasteiger partial charge on any atom is 0.258 e. The number of hydrogen-bond donors (Lipinski definition) is 2. The maximum atomic E-state index is 12.7. The zero-order valence-corrected chi connectivity index (χ0v) is 11.8. The molecular weight excluding hydrogens is 256 g/mol. The van der Waals surface area contributed by atoms with Crippen molar-refractivity contribution in [3.63, 3.8) is 0 Å². The summed E-state index contributed by atoms with van der Waals surface area (Å²) >= 11 is 0. The van der Waals surface area contributed by atoms with Crippen LogP contribution in [0.5, 0.6) is 11.5 Å². The van der Waals surface area contributed by atoms with Crippen molar-refractivity contribution in [3.8, 4) is 11.5 Å². The number of amides is 1. The van der Waals surface area contributed by atoms with Crippen LogP contribution in [0.3, 0.4) is 0 Å². The molecule has 3 rings (SSSR count). The fourth-order valence-electron chi connectivity index (χ4n) is 3.45. The van der Waals surface area contributed by atoms with Crippen molar-refractivity contribution in [3.05, 3.63) is 23.8 Å². The van der Waals surface area contributed by atoms with Gasteiger partial charge in [0, 0.05) is 25.7 Å². The van der Waals surface area contributed by atoms with E-state index in [9.17, 15) is 9.90 Å². The van der Waals surface area contributed by atoms with Gasteiger partial charge in [0.25, 0.3) is 5.91 Å². The number of methoxy groups -OCH3 is 1. The number of ether oxygens (including phenoxy) is 1. The van der Waals surface area contributed by atoms with Crippen molar-refractivity contribution in [2.24, 2.45) is 11.8 Å². The van der Waals surface area contributed by atoms with Crippen LogP contribution in [-0.2, 0) is 0 Å². The number of nitrogens with one attached hydrogen (secondary N) is 1. The number of nitrogens with zero attached hydrogens (tertiary/aromatic N) is 1. The molecule has 0 saturated carbocycles. The van der Waals surface area contributed by atoms with Crippen molar-refractivity contribution in [1.82, 2.24) is 10.2 Å².